The van der Waals surface area contributed by atoms with Crippen molar-refractivity contribution >= 4 is 0 Å². The van der Waals surface area contributed by atoms with Crippen molar-refractivity contribution in [2.75, 3.05) is 19.8 Å². The van der Waals surface area contributed by atoms with Crippen LogP contribution in [0.5, 0.6) is 5.75 Å². The average Bonchev–Trinajstić information content (AvgIpc) is 2.83. The molecule has 2 aromatic rings. The Kier molecular flexibility index (Phi) is 9.89. The molecule has 0 aromatic heterocycles. The molecule has 3 heteroatoms. The number of unbranched alkanes of at least 4 members (excludes halogenated alkanes) is 2. The SMILES string of the molecule is CCCCCC1COC(c2ccc(-c3ccc(OCCC[C@@H](C)CC)cc3)cc2)OC1. The summed E-state index contributed by atoms with van der Waals surface area (Å²) in [5, 5.41) is 0. The van der Waals surface area contributed by atoms with Crippen LogP contribution in [0.1, 0.15) is 77.6 Å². The highest BCUT2D eigenvalue weighted by Crippen LogP contribution is 2.29. The average molecular weight is 425 g/mol. The van der Waals surface area contributed by atoms with E-state index in [-0.39, 0.29) is 6.29 Å². The molecule has 1 atom stereocenters. The van der Waals surface area contributed by atoms with E-state index < -0.39 is 0 Å². The molecule has 3 rings (SSSR count). The van der Waals surface area contributed by atoms with Gasteiger partial charge in [0.2, 0.25) is 0 Å². The summed E-state index contributed by atoms with van der Waals surface area (Å²) in [6, 6.07) is 16.9. The van der Waals surface area contributed by atoms with Crippen LogP contribution in [0.3, 0.4) is 0 Å². The Hall–Kier alpha value is -1.84. The molecule has 0 aliphatic carbocycles. The van der Waals surface area contributed by atoms with Gasteiger partial charge in [0.15, 0.2) is 6.29 Å². The second-order valence-corrected chi connectivity index (χ2v) is 9.01. The monoisotopic (exact) mass is 424 g/mol. The van der Waals surface area contributed by atoms with Gasteiger partial charge in [-0.1, -0.05) is 82.9 Å². The van der Waals surface area contributed by atoms with Crippen molar-refractivity contribution in [2.24, 2.45) is 11.8 Å². The fourth-order valence-electron chi connectivity index (χ4n) is 3.99. The Morgan fingerprint density at radius 2 is 1.52 bits per heavy atom. The van der Waals surface area contributed by atoms with Crippen LogP contribution in [0.4, 0.5) is 0 Å². The van der Waals surface area contributed by atoms with Gasteiger partial charge in [-0.3, -0.25) is 0 Å². The molecular formula is C28H40O3. The second kappa shape index (κ2) is 12.9. The summed E-state index contributed by atoms with van der Waals surface area (Å²) in [4.78, 5) is 0. The predicted octanol–water partition coefficient (Wildman–Crippen LogP) is 7.80. The van der Waals surface area contributed by atoms with E-state index in [0.717, 1.165) is 43.5 Å². The first-order chi connectivity index (χ1) is 15.2. The van der Waals surface area contributed by atoms with Gasteiger partial charge >= 0.3 is 0 Å². The molecule has 2 aromatic carbocycles. The van der Waals surface area contributed by atoms with Crippen molar-refractivity contribution in [3.63, 3.8) is 0 Å². The van der Waals surface area contributed by atoms with Gasteiger partial charge in [0.05, 0.1) is 19.8 Å². The van der Waals surface area contributed by atoms with E-state index in [1.807, 2.05) is 0 Å². The van der Waals surface area contributed by atoms with Crippen molar-refractivity contribution in [1.82, 2.24) is 0 Å². The lowest BCUT2D eigenvalue weighted by Gasteiger charge is -2.29. The van der Waals surface area contributed by atoms with E-state index in [1.165, 1.54) is 49.7 Å². The molecule has 1 saturated heterocycles. The minimum Gasteiger partial charge on any atom is -0.494 e. The topological polar surface area (TPSA) is 27.7 Å². The van der Waals surface area contributed by atoms with Crippen LogP contribution < -0.4 is 4.74 Å². The van der Waals surface area contributed by atoms with Gasteiger partial charge in [-0.15, -0.1) is 0 Å². The maximum Gasteiger partial charge on any atom is 0.183 e. The Morgan fingerprint density at radius 3 is 2.13 bits per heavy atom. The summed E-state index contributed by atoms with van der Waals surface area (Å²) in [6.07, 6.45) is 8.39. The molecule has 1 aliphatic heterocycles. The minimum absolute atomic E-state index is 0.234. The molecule has 170 valence electrons. The normalized spacial score (nSPS) is 19.8. The first-order valence-corrected chi connectivity index (χ1v) is 12.3. The fraction of sp³-hybridized carbons (Fsp3) is 0.571. The van der Waals surface area contributed by atoms with Crippen LogP contribution in [-0.4, -0.2) is 19.8 Å². The Bertz CT molecular complexity index is 730. The van der Waals surface area contributed by atoms with E-state index in [0.29, 0.717) is 5.92 Å². The molecule has 0 saturated carbocycles. The van der Waals surface area contributed by atoms with E-state index >= 15 is 0 Å². The maximum absolute atomic E-state index is 6.00. The molecule has 0 amide bonds. The van der Waals surface area contributed by atoms with E-state index in [4.69, 9.17) is 14.2 Å². The largest absolute Gasteiger partial charge is 0.494 e. The molecule has 1 aliphatic rings. The molecule has 1 fully saturated rings. The van der Waals surface area contributed by atoms with Crippen molar-refractivity contribution in [3.8, 4) is 16.9 Å². The smallest absolute Gasteiger partial charge is 0.183 e. The molecular weight excluding hydrogens is 384 g/mol. The molecule has 0 bridgehead atoms. The van der Waals surface area contributed by atoms with E-state index in [2.05, 4.69) is 69.3 Å². The van der Waals surface area contributed by atoms with Gasteiger partial charge in [-0.25, -0.2) is 0 Å². The molecule has 0 radical (unpaired) electrons. The quantitative estimate of drug-likeness (QED) is 0.325. The summed E-state index contributed by atoms with van der Waals surface area (Å²) in [7, 11) is 0. The Labute approximate surface area is 189 Å². The zero-order chi connectivity index (χ0) is 21.9. The third-order valence-electron chi connectivity index (χ3n) is 6.36. The lowest BCUT2D eigenvalue weighted by Crippen LogP contribution is -2.27. The van der Waals surface area contributed by atoms with Crippen molar-refractivity contribution in [1.29, 1.82) is 0 Å². The van der Waals surface area contributed by atoms with Gasteiger partial charge < -0.3 is 14.2 Å². The Morgan fingerprint density at radius 1 is 0.871 bits per heavy atom. The van der Waals surface area contributed by atoms with Crippen molar-refractivity contribution < 1.29 is 14.2 Å². The summed E-state index contributed by atoms with van der Waals surface area (Å²) < 4.78 is 17.9. The third-order valence-corrected chi connectivity index (χ3v) is 6.36. The van der Waals surface area contributed by atoms with Crippen LogP contribution in [0.25, 0.3) is 11.1 Å². The lowest BCUT2D eigenvalue weighted by molar-refractivity contribution is -0.206. The summed E-state index contributed by atoms with van der Waals surface area (Å²) in [5.74, 6) is 2.27. The van der Waals surface area contributed by atoms with Gasteiger partial charge in [0, 0.05) is 11.5 Å². The number of hydrogen-bond acceptors (Lipinski definition) is 3. The molecule has 31 heavy (non-hydrogen) atoms. The number of ether oxygens (including phenoxy) is 3. The van der Waals surface area contributed by atoms with E-state index in [9.17, 15) is 0 Å². The number of rotatable bonds is 12. The second-order valence-electron chi connectivity index (χ2n) is 9.01. The maximum atomic E-state index is 6.00. The first-order valence-electron chi connectivity index (χ1n) is 12.3. The number of hydrogen-bond donors (Lipinski definition) is 0. The Balaban J connectivity index is 1.45. The zero-order valence-electron chi connectivity index (χ0n) is 19.6. The molecule has 0 unspecified atom stereocenters. The highest BCUT2D eigenvalue weighted by atomic mass is 16.7. The standard InChI is InChI=1S/C28H40O3/c1-4-6-7-10-23-20-30-28(31-21-23)26-13-11-24(12-14-26)25-15-17-27(18-16-25)29-19-8-9-22(3)5-2/h11-18,22-23,28H,4-10,19-21H2,1-3H3/t22-,23?,28?/m0/s1. The van der Waals surface area contributed by atoms with Crippen LogP contribution in [0.15, 0.2) is 48.5 Å². The molecule has 3 nitrogen and oxygen atoms in total. The van der Waals surface area contributed by atoms with Crippen LogP contribution in [0, 0.1) is 11.8 Å². The van der Waals surface area contributed by atoms with Gasteiger partial charge in [0.1, 0.15) is 5.75 Å². The van der Waals surface area contributed by atoms with Crippen molar-refractivity contribution in [2.45, 2.75) is 72.0 Å². The van der Waals surface area contributed by atoms with E-state index in [1.54, 1.807) is 0 Å². The van der Waals surface area contributed by atoms with Gasteiger partial charge in [-0.2, -0.15) is 0 Å². The molecule has 1 heterocycles. The van der Waals surface area contributed by atoms with Crippen LogP contribution >= 0.6 is 0 Å². The minimum atomic E-state index is -0.234. The van der Waals surface area contributed by atoms with Crippen LogP contribution in [0.2, 0.25) is 0 Å². The summed E-state index contributed by atoms with van der Waals surface area (Å²) >= 11 is 0. The van der Waals surface area contributed by atoms with Gasteiger partial charge in [0.25, 0.3) is 0 Å². The van der Waals surface area contributed by atoms with Crippen molar-refractivity contribution in [3.05, 3.63) is 54.1 Å². The van der Waals surface area contributed by atoms with Gasteiger partial charge in [-0.05, 0) is 48.4 Å². The predicted molar refractivity (Wildman–Crippen MR) is 128 cm³/mol. The highest BCUT2D eigenvalue weighted by molar-refractivity contribution is 5.64. The summed E-state index contributed by atoms with van der Waals surface area (Å²) in [6.45, 7) is 9.18. The fourth-order valence-corrected chi connectivity index (χ4v) is 3.99. The van der Waals surface area contributed by atoms with Crippen LogP contribution in [-0.2, 0) is 9.47 Å². The summed E-state index contributed by atoms with van der Waals surface area (Å²) in [5.41, 5.74) is 3.48. The molecule has 0 spiro atoms. The first kappa shape index (κ1) is 23.8. The zero-order valence-corrected chi connectivity index (χ0v) is 19.6. The number of benzene rings is 2. The third kappa shape index (κ3) is 7.66. The lowest BCUT2D eigenvalue weighted by atomic mass is 10.0. The molecule has 0 N–H and O–H groups in total. The highest BCUT2D eigenvalue weighted by Gasteiger charge is 2.23.